The maximum Gasteiger partial charge on any atom is 0.0211 e. The topological polar surface area (TPSA) is 0 Å². The molecule has 4 aromatic carbocycles. The molecule has 0 aliphatic heterocycles. The van der Waals surface area contributed by atoms with E-state index in [-0.39, 0.29) is 0 Å². The molecule has 0 atom stereocenters. The predicted octanol–water partition coefficient (Wildman–Crippen LogP) is 9.95. The Balaban J connectivity index is 0.000000217. The van der Waals surface area contributed by atoms with Gasteiger partial charge in [-0.25, -0.2) is 0 Å². The first-order valence-corrected chi connectivity index (χ1v) is 22.2. The van der Waals surface area contributed by atoms with Crippen molar-refractivity contribution < 1.29 is 17.9 Å². The van der Waals surface area contributed by atoms with Crippen LogP contribution >= 0.6 is 17.0 Å². The zero-order chi connectivity index (χ0) is 24.0. The molecular formula is C32H26Cl2Zr. The first-order chi connectivity index (χ1) is 17.0. The van der Waals surface area contributed by atoms with Gasteiger partial charge in [0, 0.05) is 11.8 Å². The van der Waals surface area contributed by atoms with Gasteiger partial charge in [0.25, 0.3) is 0 Å². The molecule has 0 amide bonds. The van der Waals surface area contributed by atoms with Gasteiger partial charge in [0.15, 0.2) is 0 Å². The molecule has 0 saturated heterocycles. The standard InChI is InChI=1S/C26H18.C5H5.CH3.2ClH.Zr/c1-5-13-21-17(9-1)18-10-2-6-14-22(18)25(21)26-23-15-7-3-11-19(23)20-12-4-8-16-24(20)26;1-2-4-5-3-1;;;;/h1-16,25-26H;1-3H,4H2;1H3;2*1H;/q;;;;;+2/p-2. The molecule has 7 rings (SSSR count). The van der Waals surface area contributed by atoms with Gasteiger partial charge in [-0.2, -0.15) is 0 Å². The largest absolute Gasteiger partial charge is 0.0619 e. The van der Waals surface area contributed by atoms with Crippen LogP contribution in [0.2, 0.25) is 4.63 Å². The molecule has 0 heterocycles. The third-order valence-corrected chi connectivity index (χ3v) is 14.0. The summed E-state index contributed by atoms with van der Waals surface area (Å²) in [5, 5.41) is 0. The summed E-state index contributed by atoms with van der Waals surface area (Å²) < 4.78 is 3.28. The second-order valence-corrected chi connectivity index (χ2v) is 25.6. The fourth-order valence-corrected chi connectivity index (χ4v) is 9.66. The van der Waals surface area contributed by atoms with Crippen molar-refractivity contribution in [1.82, 2.24) is 0 Å². The first-order valence-electron chi connectivity index (χ1n) is 12.1. The summed E-state index contributed by atoms with van der Waals surface area (Å²) in [5.74, 6) is 0.763. The molecule has 3 heteroatoms. The zero-order valence-electron chi connectivity index (χ0n) is 19.6. The van der Waals surface area contributed by atoms with Crippen molar-refractivity contribution in [2.45, 2.75) is 22.9 Å². The number of rotatable bonds is 2. The Morgan fingerprint density at radius 2 is 0.914 bits per heavy atom. The van der Waals surface area contributed by atoms with Gasteiger partial charge < -0.3 is 0 Å². The van der Waals surface area contributed by atoms with Gasteiger partial charge >= 0.3 is 67.5 Å². The minimum Gasteiger partial charge on any atom is -0.0619 e. The number of hydrogen-bond acceptors (Lipinski definition) is 0. The fourth-order valence-electron chi connectivity index (χ4n) is 5.88. The average molecular weight is 573 g/mol. The van der Waals surface area contributed by atoms with Crippen molar-refractivity contribution in [3.63, 3.8) is 0 Å². The van der Waals surface area contributed by atoms with E-state index in [2.05, 4.69) is 109 Å². The van der Waals surface area contributed by atoms with Gasteiger partial charge in [-0.05, 0) is 44.5 Å². The molecule has 0 radical (unpaired) electrons. The van der Waals surface area contributed by atoms with Crippen LogP contribution in [0.5, 0.6) is 0 Å². The molecule has 3 aliphatic rings. The summed E-state index contributed by atoms with van der Waals surface area (Å²) in [6, 6.07) is 35.8. The van der Waals surface area contributed by atoms with Crippen LogP contribution in [-0.2, 0) is 17.9 Å². The Morgan fingerprint density at radius 3 is 1.17 bits per heavy atom. The molecule has 4 aromatic rings. The Kier molecular flexibility index (Phi) is 6.22. The summed E-state index contributed by atoms with van der Waals surface area (Å²) in [6.07, 6.45) is 7.15. The number of fused-ring (bicyclic) bond motifs is 6. The third kappa shape index (κ3) is 4.13. The van der Waals surface area contributed by atoms with E-state index in [1.807, 2.05) is 10.7 Å². The number of hydrogen-bond donors (Lipinski definition) is 0. The van der Waals surface area contributed by atoms with Crippen LogP contribution in [0.3, 0.4) is 0 Å². The Hall–Kier alpha value is -2.18. The van der Waals surface area contributed by atoms with Gasteiger partial charge in [-0.1, -0.05) is 97.1 Å². The van der Waals surface area contributed by atoms with Crippen LogP contribution in [0.4, 0.5) is 0 Å². The van der Waals surface area contributed by atoms with Crippen molar-refractivity contribution in [2.75, 3.05) is 0 Å². The molecule has 0 bridgehead atoms. The normalized spacial score (nSPS) is 15.6. The molecule has 35 heavy (non-hydrogen) atoms. The summed E-state index contributed by atoms with van der Waals surface area (Å²) in [7, 11) is 12.0. The minimum atomic E-state index is -2.65. The summed E-state index contributed by atoms with van der Waals surface area (Å²) in [5.41, 5.74) is 11.4. The van der Waals surface area contributed by atoms with Crippen molar-refractivity contribution in [3.05, 3.63) is 141 Å². The molecule has 0 fully saturated rings. The monoisotopic (exact) mass is 570 g/mol. The van der Waals surface area contributed by atoms with E-state index < -0.39 is 17.9 Å². The van der Waals surface area contributed by atoms with E-state index in [0.29, 0.717) is 11.8 Å². The van der Waals surface area contributed by atoms with Crippen molar-refractivity contribution in [1.29, 1.82) is 0 Å². The third-order valence-electron chi connectivity index (χ3n) is 7.43. The molecule has 0 spiro atoms. The summed E-state index contributed by atoms with van der Waals surface area (Å²) >= 11 is -2.65. The first kappa shape index (κ1) is 23.2. The molecule has 0 aromatic heterocycles. The quantitative estimate of drug-likeness (QED) is 0.224. The predicted molar refractivity (Wildman–Crippen MR) is 147 cm³/mol. The van der Waals surface area contributed by atoms with Gasteiger partial charge in [-0.3, -0.25) is 0 Å². The molecule has 3 aliphatic carbocycles. The molecular weight excluding hydrogens is 546 g/mol. The molecule has 172 valence electrons. The van der Waals surface area contributed by atoms with Crippen molar-refractivity contribution in [3.8, 4) is 22.3 Å². The summed E-state index contributed by atoms with van der Waals surface area (Å²) in [4.78, 5) is 0. The second-order valence-electron chi connectivity index (χ2n) is 9.52. The summed E-state index contributed by atoms with van der Waals surface area (Å²) in [6.45, 7) is 0. The molecule has 0 unspecified atom stereocenters. The van der Waals surface area contributed by atoms with Gasteiger partial charge in [0.2, 0.25) is 0 Å². The number of allylic oxidation sites excluding steroid dienone is 4. The van der Waals surface area contributed by atoms with Crippen LogP contribution in [0.15, 0.2) is 119 Å². The van der Waals surface area contributed by atoms with Gasteiger partial charge in [-0.15, -0.1) is 0 Å². The van der Waals surface area contributed by atoms with Crippen LogP contribution < -0.4 is 0 Å². The molecule has 0 nitrogen and oxygen atoms in total. The van der Waals surface area contributed by atoms with E-state index in [9.17, 15) is 0 Å². The van der Waals surface area contributed by atoms with Crippen LogP contribution in [0, 0.1) is 0 Å². The van der Waals surface area contributed by atoms with Crippen LogP contribution in [0.25, 0.3) is 22.3 Å². The van der Waals surface area contributed by atoms with Crippen molar-refractivity contribution >= 4 is 17.0 Å². The Morgan fingerprint density at radius 1 is 0.571 bits per heavy atom. The van der Waals surface area contributed by atoms with Crippen LogP contribution in [0.1, 0.15) is 40.5 Å². The van der Waals surface area contributed by atoms with E-state index in [1.54, 1.807) is 0 Å². The molecule has 0 N–H and O–H groups in total. The van der Waals surface area contributed by atoms with E-state index in [0.717, 1.165) is 6.42 Å². The zero-order valence-corrected chi connectivity index (χ0v) is 23.6. The smallest absolute Gasteiger partial charge is 0.0211 e. The maximum atomic E-state index is 6.01. The minimum absolute atomic E-state index is 0.382. The van der Waals surface area contributed by atoms with Gasteiger partial charge in [0.05, 0.1) is 0 Å². The molecule has 0 saturated carbocycles. The van der Waals surface area contributed by atoms with E-state index in [4.69, 9.17) is 17.0 Å². The van der Waals surface area contributed by atoms with Crippen molar-refractivity contribution in [2.24, 2.45) is 0 Å². The Bertz CT molecular complexity index is 1290. The fraction of sp³-hybridized carbons (Fsp3) is 0.125. The SMILES string of the molecule is [CH3][Zr]([Cl])([Cl])[C]1=CC=CC1.c1ccc2c(c1)-c1ccccc1C2C1c2ccccc2-c2ccccc21. The number of benzene rings is 4. The Labute approximate surface area is 219 Å². The van der Waals surface area contributed by atoms with Crippen LogP contribution in [-0.4, -0.2) is 0 Å². The second kappa shape index (κ2) is 9.36. The van der Waals surface area contributed by atoms with Gasteiger partial charge in [0.1, 0.15) is 0 Å². The average Bonchev–Trinajstić information content (AvgIpc) is 3.60. The number of halogens is 2. The maximum absolute atomic E-state index is 6.01. The van der Waals surface area contributed by atoms with E-state index >= 15 is 0 Å². The van der Waals surface area contributed by atoms with E-state index in [1.165, 1.54) is 47.8 Å².